The molecule has 0 saturated carbocycles. The highest BCUT2D eigenvalue weighted by Crippen LogP contribution is 2.30. The van der Waals surface area contributed by atoms with Crippen LogP contribution in [0.4, 0.5) is 34.1 Å². The van der Waals surface area contributed by atoms with Gasteiger partial charge in [-0.25, -0.2) is 14.7 Å². The largest absolute Gasteiger partial charge is 0.416 e. The van der Waals surface area contributed by atoms with Gasteiger partial charge in [-0.3, -0.25) is 4.84 Å². The Morgan fingerprint density at radius 2 is 1.48 bits per heavy atom. The van der Waals surface area contributed by atoms with Crippen LogP contribution in [0.2, 0.25) is 10.0 Å². The fourth-order valence-corrected chi connectivity index (χ4v) is 2.17. The van der Waals surface area contributed by atoms with Gasteiger partial charge in [0.2, 0.25) is 0 Å². The lowest BCUT2D eigenvalue weighted by molar-refractivity contribution is -0.137. The summed E-state index contributed by atoms with van der Waals surface area (Å²) in [5.41, 5.74) is -0.115. The third-order valence-electron chi connectivity index (χ3n) is 3.58. The van der Waals surface area contributed by atoms with Crippen LogP contribution in [0.15, 0.2) is 42.5 Å². The second-order valence-corrected chi connectivity index (χ2v) is 6.96. The molecule has 0 atom stereocenters. The van der Waals surface area contributed by atoms with E-state index in [0.29, 0.717) is 15.7 Å². The zero-order chi connectivity index (χ0) is 23.8. The summed E-state index contributed by atoms with van der Waals surface area (Å²) >= 11 is 11.5. The summed E-state index contributed by atoms with van der Waals surface area (Å²) < 4.78 is 37.0. The maximum absolute atomic E-state index is 12.3. The summed E-state index contributed by atoms with van der Waals surface area (Å²) in [6.07, 6.45) is -4.40. The summed E-state index contributed by atoms with van der Waals surface area (Å²) in [6, 6.07) is 8.43. The number of alkyl halides is 3. The average molecular weight is 481 g/mol. The van der Waals surface area contributed by atoms with Gasteiger partial charge in [0.25, 0.3) is 0 Å². The van der Waals surface area contributed by atoms with E-state index in [1.165, 1.54) is 45.3 Å². The molecule has 2 aromatic rings. The van der Waals surface area contributed by atoms with Gasteiger partial charge in [-0.1, -0.05) is 29.3 Å². The van der Waals surface area contributed by atoms with Crippen molar-refractivity contribution in [1.82, 2.24) is 9.96 Å². The highest BCUT2D eigenvalue weighted by molar-refractivity contribution is 6.42. The number of hydrogen-bond donors (Lipinski definition) is 2. The minimum absolute atomic E-state index is 0.119. The van der Waals surface area contributed by atoms with Crippen molar-refractivity contribution in [2.45, 2.75) is 6.18 Å². The van der Waals surface area contributed by atoms with Crippen molar-refractivity contribution in [2.75, 3.05) is 38.9 Å². The smallest absolute Gasteiger partial charge is 0.331 e. The van der Waals surface area contributed by atoms with Crippen LogP contribution in [0.5, 0.6) is 0 Å². The molecular formula is C19H21Cl2F3N4O3. The number of carbonyl (C=O) groups excluding carboxylic acids is 2. The van der Waals surface area contributed by atoms with Gasteiger partial charge in [-0.2, -0.15) is 13.2 Å². The first-order valence-electron chi connectivity index (χ1n) is 8.54. The molecule has 2 aromatic carbocycles. The number of anilines is 2. The van der Waals surface area contributed by atoms with E-state index in [9.17, 15) is 22.8 Å². The normalized spacial score (nSPS) is 10.5. The predicted molar refractivity (Wildman–Crippen MR) is 114 cm³/mol. The first-order chi connectivity index (χ1) is 14.3. The van der Waals surface area contributed by atoms with Gasteiger partial charge in [0.05, 0.1) is 22.7 Å². The molecule has 2 N–H and O–H groups in total. The van der Waals surface area contributed by atoms with Gasteiger partial charge >= 0.3 is 18.2 Å². The molecule has 0 unspecified atom stereocenters. The van der Waals surface area contributed by atoms with E-state index in [2.05, 4.69) is 10.6 Å². The number of carbonyl (C=O) groups is 2. The van der Waals surface area contributed by atoms with Crippen LogP contribution in [0.25, 0.3) is 0 Å². The molecule has 0 aromatic heterocycles. The number of nitrogens with one attached hydrogen (secondary N) is 2. The first kappa shape index (κ1) is 26.3. The highest BCUT2D eigenvalue weighted by atomic mass is 35.5. The van der Waals surface area contributed by atoms with Gasteiger partial charge in [0.15, 0.2) is 0 Å². The summed E-state index contributed by atoms with van der Waals surface area (Å²) in [6.45, 7) is 0. The Morgan fingerprint density at radius 1 is 0.903 bits per heavy atom. The topological polar surface area (TPSA) is 73.9 Å². The average Bonchev–Trinajstić information content (AvgIpc) is 2.70. The van der Waals surface area contributed by atoms with Crippen molar-refractivity contribution in [2.24, 2.45) is 0 Å². The number of hydroxylamine groups is 2. The number of amides is 4. The molecule has 0 aliphatic carbocycles. The lowest BCUT2D eigenvalue weighted by Gasteiger charge is -2.14. The molecule has 4 amide bonds. The van der Waals surface area contributed by atoms with Crippen LogP contribution in [0, 0.1) is 0 Å². The second kappa shape index (κ2) is 11.6. The molecule has 0 bridgehead atoms. The molecule has 170 valence electrons. The van der Waals surface area contributed by atoms with Crippen LogP contribution in [0.1, 0.15) is 5.56 Å². The molecule has 0 aliphatic rings. The Bertz CT molecular complexity index is 911. The Kier molecular flexibility index (Phi) is 9.89. The minimum Gasteiger partial charge on any atom is -0.331 e. The molecule has 0 spiro atoms. The molecule has 12 heteroatoms. The van der Waals surface area contributed by atoms with Gasteiger partial charge in [-0.15, -0.1) is 0 Å². The number of nitrogens with zero attached hydrogens (tertiary/aromatic N) is 2. The van der Waals surface area contributed by atoms with E-state index in [4.69, 9.17) is 28.0 Å². The van der Waals surface area contributed by atoms with Crippen molar-refractivity contribution < 1.29 is 27.6 Å². The SMILES string of the molecule is CN(C)C(=O)Nc1cccc(C(F)(F)F)c1.CON(C)C(=O)Nc1ccc(Cl)c(Cl)c1. The van der Waals surface area contributed by atoms with Crippen molar-refractivity contribution in [1.29, 1.82) is 0 Å². The van der Waals surface area contributed by atoms with Crippen LogP contribution in [-0.2, 0) is 11.0 Å². The van der Waals surface area contributed by atoms with Crippen LogP contribution >= 0.6 is 23.2 Å². The summed E-state index contributed by atoms with van der Waals surface area (Å²) in [5, 5.41) is 6.80. The van der Waals surface area contributed by atoms with E-state index in [1.54, 1.807) is 18.2 Å². The van der Waals surface area contributed by atoms with Gasteiger partial charge in [0.1, 0.15) is 0 Å². The van der Waals surface area contributed by atoms with Crippen molar-refractivity contribution >= 4 is 46.6 Å². The summed E-state index contributed by atoms with van der Waals surface area (Å²) in [4.78, 5) is 28.5. The number of halogens is 5. The van der Waals surface area contributed by atoms with Crippen molar-refractivity contribution in [3.8, 4) is 0 Å². The molecule has 31 heavy (non-hydrogen) atoms. The Morgan fingerprint density at radius 3 is 2.00 bits per heavy atom. The highest BCUT2D eigenvalue weighted by Gasteiger charge is 2.30. The van der Waals surface area contributed by atoms with Crippen molar-refractivity contribution in [3.63, 3.8) is 0 Å². The van der Waals surface area contributed by atoms with E-state index in [1.807, 2.05) is 0 Å². The first-order valence-corrected chi connectivity index (χ1v) is 9.30. The maximum Gasteiger partial charge on any atom is 0.416 e. The van der Waals surface area contributed by atoms with E-state index < -0.39 is 23.8 Å². The molecule has 7 nitrogen and oxygen atoms in total. The number of urea groups is 2. The van der Waals surface area contributed by atoms with E-state index in [0.717, 1.165) is 17.2 Å². The van der Waals surface area contributed by atoms with Gasteiger partial charge in [-0.05, 0) is 36.4 Å². The van der Waals surface area contributed by atoms with Crippen LogP contribution in [-0.4, -0.2) is 50.3 Å². The summed E-state index contributed by atoms with van der Waals surface area (Å²) in [7, 11) is 5.90. The number of hydrogen-bond acceptors (Lipinski definition) is 3. The predicted octanol–water partition coefficient (Wildman–Crippen LogP) is 5.82. The molecule has 0 saturated heterocycles. The molecular weight excluding hydrogens is 460 g/mol. The second-order valence-electron chi connectivity index (χ2n) is 6.14. The monoisotopic (exact) mass is 480 g/mol. The Labute approximate surface area is 187 Å². The van der Waals surface area contributed by atoms with Crippen molar-refractivity contribution in [3.05, 3.63) is 58.1 Å². The maximum atomic E-state index is 12.3. The summed E-state index contributed by atoms with van der Waals surface area (Å²) in [5.74, 6) is 0. The van der Waals surface area contributed by atoms with Gasteiger partial charge < -0.3 is 15.5 Å². The standard InChI is InChI=1S/C10H11F3N2O.C9H10Cl2N2O2/c1-15(2)9(16)14-8-5-3-4-7(6-8)10(11,12)13;1-13(15-2)9(14)12-6-3-4-7(10)8(11)5-6/h3-6H,1-2H3,(H,14,16);3-5H,1-2H3,(H,12,14). The fraction of sp³-hybridized carbons (Fsp3) is 0.263. The van der Waals surface area contributed by atoms with Gasteiger partial charge in [0, 0.05) is 32.5 Å². The molecule has 0 radical (unpaired) electrons. The lowest BCUT2D eigenvalue weighted by atomic mass is 10.2. The fourth-order valence-electron chi connectivity index (χ4n) is 1.87. The zero-order valence-electron chi connectivity index (χ0n) is 17.1. The molecule has 2 rings (SSSR count). The molecule has 0 fully saturated rings. The van der Waals surface area contributed by atoms with E-state index >= 15 is 0 Å². The number of benzene rings is 2. The molecule has 0 heterocycles. The Hall–Kier alpha value is -2.69. The third kappa shape index (κ3) is 8.91. The van der Waals surface area contributed by atoms with E-state index in [-0.39, 0.29) is 5.69 Å². The minimum atomic E-state index is -4.40. The van der Waals surface area contributed by atoms with Crippen LogP contribution < -0.4 is 10.6 Å². The zero-order valence-corrected chi connectivity index (χ0v) is 18.6. The van der Waals surface area contributed by atoms with Crippen LogP contribution in [0.3, 0.4) is 0 Å². The lowest BCUT2D eigenvalue weighted by Crippen LogP contribution is -2.30. The molecule has 0 aliphatic heterocycles. The Balaban J connectivity index is 0.000000311. The third-order valence-corrected chi connectivity index (χ3v) is 4.32. The quantitative estimate of drug-likeness (QED) is 0.543. The number of rotatable bonds is 3.